The van der Waals surface area contributed by atoms with Gasteiger partial charge in [0.2, 0.25) is 5.91 Å². The summed E-state index contributed by atoms with van der Waals surface area (Å²) in [5.41, 5.74) is 0.839. The standard InChI is InChI=1S/C29H38N2O7/c1-19(2)16-24(27(34)38-29(4,5)6)31-26(33)20(3)30-28(35)36-18-22-12-14-23(15-13-22)37-25(32)17-21-10-8-7-9-11-21/h7-15,19-20,24H,16-18H2,1-6H3,(H,30,35)(H,31,33)/t20-,24-/m0/s1. The molecule has 2 atom stereocenters. The second-order valence-corrected chi connectivity index (χ2v) is 10.4. The first-order valence-electron chi connectivity index (χ1n) is 12.6. The maximum atomic E-state index is 12.6. The van der Waals surface area contributed by atoms with Crippen molar-refractivity contribution < 1.29 is 33.4 Å². The fourth-order valence-corrected chi connectivity index (χ4v) is 3.37. The third kappa shape index (κ3) is 11.5. The molecule has 0 saturated heterocycles. The molecule has 0 heterocycles. The van der Waals surface area contributed by atoms with Crippen molar-refractivity contribution in [2.24, 2.45) is 5.92 Å². The van der Waals surface area contributed by atoms with Gasteiger partial charge in [0.25, 0.3) is 0 Å². The molecule has 9 nitrogen and oxygen atoms in total. The molecule has 0 aliphatic rings. The van der Waals surface area contributed by atoms with Gasteiger partial charge in [-0.25, -0.2) is 9.59 Å². The van der Waals surface area contributed by atoms with Gasteiger partial charge in [0, 0.05) is 0 Å². The Labute approximate surface area is 224 Å². The van der Waals surface area contributed by atoms with Crippen LogP contribution in [0.25, 0.3) is 0 Å². The highest BCUT2D eigenvalue weighted by molar-refractivity contribution is 5.89. The minimum absolute atomic E-state index is 0.0493. The Bertz CT molecular complexity index is 1080. The lowest BCUT2D eigenvalue weighted by Crippen LogP contribution is -2.51. The Balaban J connectivity index is 1.81. The van der Waals surface area contributed by atoms with Crippen LogP contribution in [0, 0.1) is 5.92 Å². The van der Waals surface area contributed by atoms with E-state index in [0.29, 0.717) is 17.7 Å². The first-order valence-corrected chi connectivity index (χ1v) is 12.6. The molecular weight excluding hydrogens is 488 g/mol. The number of carbonyl (C=O) groups is 4. The molecule has 38 heavy (non-hydrogen) atoms. The number of ether oxygens (including phenoxy) is 3. The maximum absolute atomic E-state index is 12.6. The molecule has 0 bridgehead atoms. The van der Waals surface area contributed by atoms with Crippen LogP contribution in [0.4, 0.5) is 4.79 Å². The summed E-state index contributed by atoms with van der Waals surface area (Å²) < 4.78 is 16.0. The van der Waals surface area contributed by atoms with Crippen LogP contribution in [-0.4, -0.2) is 41.6 Å². The summed E-state index contributed by atoms with van der Waals surface area (Å²) in [7, 11) is 0. The Morgan fingerprint density at radius 2 is 1.47 bits per heavy atom. The van der Waals surface area contributed by atoms with Crippen molar-refractivity contribution in [1.29, 1.82) is 0 Å². The first kappa shape index (κ1) is 30.3. The van der Waals surface area contributed by atoms with Crippen LogP contribution in [0.15, 0.2) is 54.6 Å². The zero-order chi connectivity index (χ0) is 28.3. The molecule has 2 N–H and O–H groups in total. The molecule has 0 aromatic heterocycles. The van der Waals surface area contributed by atoms with Gasteiger partial charge in [-0.1, -0.05) is 56.3 Å². The Kier molecular flexibility index (Phi) is 11.3. The van der Waals surface area contributed by atoms with Crippen molar-refractivity contribution in [2.45, 2.75) is 78.7 Å². The van der Waals surface area contributed by atoms with E-state index in [4.69, 9.17) is 14.2 Å². The average molecular weight is 527 g/mol. The number of esters is 2. The molecule has 0 unspecified atom stereocenters. The molecule has 0 radical (unpaired) electrons. The Hall–Kier alpha value is -3.88. The van der Waals surface area contributed by atoms with E-state index in [1.54, 1.807) is 45.0 Å². The van der Waals surface area contributed by atoms with Gasteiger partial charge in [-0.3, -0.25) is 9.59 Å². The van der Waals surface area contributed by atoms with E-state index >= 15 is 0 Å². The van der Waals surface area contributed by atoms with E-state index in [-0.39, 0.29) is 24.9 Å². The number of hydrogen-bond donors (Lipinski definition) is 2. The van der Waals surface area contributed by atoms with Gasteiger partial charge in [0.05, 0.1) is 6.42 Å². The van der Waals surface area contributed by atoms with Gasteiger partial charge < -0.3 is 24.8 Å². The zero-order valence-corrected chi connectivity index (χ0v) is 22.9. The molecule has 0 saturated carbocycles. The number of amides is 2. The molecule has 206 valence electrons. The highest BCUT2D eigenvalue weighted by atomic mass is 16.6. The molecule has 0 spiro atoms. The minimum atomic E-state index is -0.939. The number of carbonyl (C=O) groups excluding carboxylic acids is 4. The smallest absolute Gasteiger partial charge is 0.408 e. The lowest BCUT2D eigenvalue weighted by Gasteiger charge is -2.26. The number of alkyl carbamates (subject to hydrolysis) is 1. The fraction of sp³-hybridized carbons (Fsp3) is 0.448. The summed E-state index contributed by atoms with van der Waals surface area (Å²) >= 11 is 0. The van der Waals surface area contributed by atoms with Gasteiger partial charge in [-0.2, -0.15) is 0 Å². The van der Waals surface area contributed by atoms with E-state index in [0.717, 1.165) is 5.56 Å². The molecule has 2 aromatic rings. The normalized spacial score (nSPS) is 12.7. The molecule has 2 amide bonds. The van der Waals surface area contributed by atoms with Gasteiger partial charge in [0.15, 0.2) is 0 Å². The van der Waals surface area contributed by atoms with E-state index < -0.39 is 35.7 Å². The number of benzene rings is 2. The van der Waals surface area contributed by atoms with Gasteiger partial charge >= 0.3 is 18.0 Å². The maximum Gasteiger partial charge on any atom is 0.408 e. The summed E-state index contributed by atoms with van der Waals surface area (Å²) in [4.78, 5) is 49.5. The molecule has 9 heteroatoms. The van der Waals surface area contributed by atoms with Crippen LogP contribution in [0.3, 0.4) is 0 Å². The van der Waals surface area contributed by atoms with E-state index in [2.05, 4.69) is 10.6 Å². The first-order chi connectivity index (χ1) is 17.8. The van der Waals surface area contributed by atoms with Gasteiger partial charge in [0.1, 0.15) is 30.0 Å². The third-order valence-electron chi connectivity index (χ3n) is 5.16. The third-order valence-corrected chi connectivity index (χ3v) is 5.16. The number of nitrogens with one attached hydrogen (secondary N) is 2. The van der Waals surface area contributed by atoms with E-state index in [1.165, 1.54) is 6.92 Å². The van der Waals surface area contributed by atoms with Crippen molar-refractivity contribution in [3.8, 4) is 5.75 Å². The van der Waals surface area contributed by atoms with Crippen molar-refractivity contribution in [3.05, 3.63) is 65.7 Å². The van der Waals surface area contributed by atoms with Gasteiger partial charge in [-0.05, 0) is 63.3 Å². The predicted molar refractivity (Wildman–Crippen MR) is 142 cm³/mol. The largest absolute Gasteiger partial charge is 0.458 e. The molecule has 0 fully saturated rings. The monoisotopic (exact) mass is 526 g/mol. The predicted octanol–water partition coefficient (Wildman–Crippen LogP) is 4.32. The highest BCUT2D eigenvalue weighted by Gasteiger charge is 2.29. The molecule has 0 aliphatic carbocycles. The number of rotatable bonds is 11. The van der Waals surface area contributed by atoms with Crippen LogP contribution in [0.2, 0.25) is 0 Å². The lowest BCUT2D eigenvalue weighted by molar-refractivity contribution is -0.159. The van der Waals surface area contributed by atoms with Crippen LogP contribution < -0.4 is 15.4 Å². The minimum Gasteiger partial charge on any atom is -0.458 e. The summed E-state index contributed by atoms with van der Waals surface area (Å²) in [5, 5.41) is 5.12. The Morgan fingerprint density at radius 3 is 2.05 bits per heavy atom. The highest BCUT2D eigenvalue weighted by Crippen LogP contribution is 2.15. The van der Waals surface area contributed by atoms with Crippen LogP contribution >= 0.6 is 0 Å². The Morgan fingerprint density at radius 1 is 0.842 bits per heavy atom. The summed E-state index contributed by atoms with van der Waals surface area (Å²) in [6.45, 7) is 10.6. The molecular formula is C29H38N2O7. The van der Waals surface area contributed by atoms with Crippen molar-refractivity contribution >= 4 is 23.9 Å². The molecule has 2 rings (SSSR count). The van der Waals surface area contributed by atoms with Crippen LogP contribution in [-0.2, 0) is 36.9 Å². The lowest BCUT2D eigenvalue weighted by atomic mass is 10.0. The SMILES string of the molecule is CC(C)C[C@H](NC(=O)[C@H](C)NC(=O)OCc1ccc(OC(=O)Cc2ccccc2)cc1)C(=O)OC(C)(C)C. The molecule has 0 aliphatic heterocycles. The summed E-state index contributed by atoms with van der Waals surface area (Å²) in [5.74, 6) is -0.914. The fourth-order valence-electron chi connectivity index (χ4n) is 3.37. The van der Waals surface area contributed by atoms with Crippen molar-refractivity contribution in [3.63, 3.8) is 0 Å². The quantitative estimate of drug-likeness (QED) is 0.330. The topological polar surface area (TPSA) is 120 Å². The van der Waals surface area contributed by atoms with E-state index in [1.807, 2.05) is 44.2 Å². The molecule has 2 aromatic carbocycles. The van der Waals surface area contributed by atoms with Crippen molar-refractivity contribution in [1.82, 2.24) is 10.6 Å². The summed E-state index contributed by atoms with van der Waals surface area (Å²) in [6.07, 6.45) is -0.230. The van der Waals surface area contributed by atoms with Crippen molar-refractivity contribution in [2.75, 3.05) is 0 Å². The average Bonchev–Trinajstić information content (AvgIpc) is 2.82. The summed E-state index contributed by atoms with van der Waals surface area (Å²) in [6, 6.07) is 14.1. The number of hydrogen-bond acceptors (Lipinski definition) is 7. The van der Waals surface area contributed by atoms with Gasteiger partial charge in [-0.15, -0.1) is 0 Å². The van der Waals surface area contributed by atoms with Crippen LogP contribution in [0.1, 0.15) is 59.1 Å². The second kappa shape index (κ2) is 14.2. The second-order valence-electron chi connectivity index (χ2n) is 10.4. The van der Waals surface area contributed by atoms with Crippen LogP contribution in [0.5, 0.6) is 5.75 Å². The zero-order valence-electron chi connectivity index (χ0n) is 22.9. The van der Waals surface area contributed by atoms with E-state index in [9.17, 15) is 19.2 Å².